The van der Waals surface area contributed by atoms with Crippen molar-refractivity contribution in [3.8, 4) is 0 Å². The van der Waals surface area contributed by atoms with Gasteiger partial charge in [0.25, 0.3) is 0 Å². The molecular formula is C27H43NO6. The van der Waals surface area contributed by atoms with Crippen molar-refractivity contribution in [1.29, 1.82) is 0 Å². The first-order chi connectivity index (χ1) is 16.2. The third-order valence-corrected chi connectivity index (χ3v) is 6.34. The van der Waals surface area contributed by atoms with Crippen molar-refractivity contribution in [3.63, 3.8) is 0 Å². The normalized spacial score (nSPS) is 22.1. The highest BCUT2D eigenvalue weighted by molar-refractivity contribution is 5.86. The molecule has 0 saturated heterocycles. The van der Waals surface area contributed by atoms with E-state index < -0.39 is 17.5 Å². The molecule has 1 saturated carbocycles. The van der Waals surface area contributed by atoms with Crippen LogP contribution in [0.3, 0.4) is 0 Å². The van der Waals surface area contributed by atoms with Crippen LogP contribution < -0.4 is 5.32 Å². The van der Waals surface area contributed by atoms with E-state index in [1.165, 1.54) is 40.2 Å². The lowest BCUT2D eigenvalue weighted by atomic mass is 9.89. The molecule has 0 aromatic rings. The Bertz CT molecular complexity index is 743. The van der Waals surface area contributed by atoms with Crippen LogP contribution in [0.25, 0.3) is 0 Å². The maximum absolute atomic E-state index is 12.8. The second-order valence-electron chi connectivity index (χ2n) is 9.22. The standard InChI is InChI=1S/C27H43NO6/c1-6-8-9-10-11-13-16-21-22(24(30)19-23(21)28-25(31)7-2)17-14-12-15-18-27(4,26(32)33-5)34-20(3)29/h12-14,16,21-23H,6-11,15,17-19H2,1-5H3,(H,28,31)/b14-12-,16-13+/t21-,22-,23-,27?/m1/s1. The molecule has 0 bridgehead atoms. The van der Waals surface area contributed by atoms with Gasteiger partial charge in [-0.15, -0.1) is 0 Å². The lowest BCUT2D eigenvalue weighted by Gasteiger charge is -2.25. The molecule has 1 fully saturated rings. The molecule has 0 spiro atoms. The van der Waals surface area contributed by atoms with Gasteiger partial charge in [0.15, 0.2) is 0 Å². The van der Waals surface area contributed by atoms with Crippen LogP contribution >= 0.6 is 0 Å². The second-order valence-corrected chi connectivity index (χ2v) is 9.22. The van der Waals surface area contributed by atoms with E-state index in [0.29, 0.717) is 25.7 Å². The number of ether oxygens (including phenoxy) is 2. The summed E-state index contributed by atoms with van der Waals surface area (Å²) in [5, 5.41) is 3.02. The predicted molar refractivity (Wildman–Crippen MR) is 132 cm³/mol. The number of methoxy groups -OCH3 is 1. The highest BCUT2D eigenvalue weighted by Gasteiger charge is 2.41. The molecule has 1 unspecified atom stereocenters. The van der Waals surface area contributed by atoms with Crippen LogP contribution in [-0.2, 0) is 28.7 Å². The molecule has 1 rings (SSSR count). The lowest BCUT2D eigenvalue weighted by molar-refractivity contribution is -0.178. The molecule has 0 heterocycles. The molecule has 7 nitrogen and oxygen atoms in total. The molecular weight excluding hydrogens is 434 g/mol. The van der Waals surface area contributed by atoms with Crippen molar-refractivity contribution < 1.29 is 28.7 Å². The summed E-state index contributed by atoms with van der Waals surface area (Å²) in [6.45, 7) is 6.79. The van der Waals surface area contributed by atoms with Gasteiger partial charge in [-0.25, -0.2) is 4.79 Å². The highest BCUT2D eigenvalue weighted by atomic mass is 16.6. The summed E-state index contributed by atoms with van der Waals surface area (Å²) < 4.78 is 9.97. The number of carbonyl (C=O) groups is 4. The SMILES string of the molecule is CCCCCC/C=C/[C@H]1[C@H](NC(=O)CC)CC(=O)[C@@H]1C/C=C\CCC(C)(OC(C)=O)C(=O)OC. The van der Waals surface area contributed by atoms with Gasteiger partial charge >= 0.3 is 11.9 Å². The number of ketones is 1. The van der Waals surface area contributed by atoms with E-state index in [4.69, 9.17) is 9.47 Å². The fourth-order valence-electron chi connectivity index (χ4n) is 4.40. The maximum atomic E-state index is 12.8. The van der Waals surface area contributed by atoms with E-state index >= 15 is 0 Å². The molecule has 0 radical (unpaired) electrons. The summed E-state index contributed by atoms with van der Waals surface area (Å²) in [4.78, 5) is 48.2. The Hall–Kier alpha value is -2.44. The Labute approximate surface area is 204 Å². The molecule has 1 aliphatic rings. The molecule has 1 N–H and O–H groups in total. The van der Waals surface area contributed by atoms with Gasteiger partial charge in [0.05, 0.1) is 7.11 Å². The van der Waals surface area contributed by atoms with E-state index in [1.54, 1.807) is 0 Å². The van der Waals surface area contributed by atoms with Gasteiger partial charge < -0.3 is 14.8 Å². The Morgan fingerprint density at radius 3 is 2.44 bits per heavy atom. The number of esters is 2. The predicted octanol–water partition coefficient (Wildman–Crippen LogP) is 4.83. The summed E-state index contributed by atoms with van der Waals surface area (Å²) >= 11 is 0. The molecule has 34 heavy (non-hydrogen) atoms. The highest BCUT2D eigenvalue weighted by Crippen LogP contribution is 2.34. The van der Waals surface area contributed by atoms with Crippen LogP contribution in [0.1, 0.15) is 91.9 Å². The van der Waals surface area contributed by atoms with E-state index in [-0.39, 0.29) is 36.0 Å². The maximum Gasteiger partial charge on any atom is 0.350 e. The number of hydrogen-bond acceptors (Lipinski definition) is 6. The zero-order valence-electron chi connectivity index (χ0n) is 21.6. The molecule has 192 valence electrons. The molecule has 1 aliphatic carbocycles. The van der Waals surface area contributed by atoms with Crippen LogP contribution in [0.15, 0.2) is 24.3 Å². The first-order valence-corrected chi connectivity index (χ1v) is 12.6. The number of rotatable bonds is 15. The van der Waals surface area contributed by atoms with Crippen molar-refractivity contribution in [3.05, 3.63) is 24.3 Å². The number of allylic oxidation sites excluding steroid dienone is 3. The van der Waals surface area contributed by atoms with E-state index in [0.717, 1.165) is 12.8 Å². The summed E-state index contributed by atoms with van der Waals surface area (Å²) in [6, 6.07) is -0.170. The Kier molecular flexibility index (Phi) is 13.5. The van der Waals surface area contributed by atoms with Crippen molar-refractivity contribution >= 4 is 23.6 Å². The van der Waals surface area contributed by atoms with E-state index in [1.807, 2.05) is 19.1 Å². The Morgan fingerprint density at radius 2 is 1.82 bits per heavy atom. The Balaban J connectivity index is 2.78. The molecule has 1 amide bonds. The zero-order valence-corrected chi connectivity index (χ0v) is 21.6. The summed E-state index contributed by atoms with van der Waals surface area (Å²) in [7, 11) is 1.26. The summed E-state index contributed by atoms with van der Waals surface area (Å²) in [5.41, 5.74) is -1.34. The minimum Gasteiger partial charge on any atom is -0.466 e. The quantitative estimate of drug-likeness (QED) is 0.206. The van der Waals surface area contributed by atoms with E-state index in [9.17, 15) is 19.2 Å². The number of hydrogen-bond donors (Lipinski definition) is 1. The first-order valence-electron chi connectivity index (χ1n) is 12.6. The van der Waals surface area contributed by atoms with Gasteiger partial charge in [0, 0.05) is 44.1 Å². The minimum atomic E-state index is -1.34. The average molecular weight is 478 g/mol. The van der Waals surface area contributed by atoms with Gasteiger partial charge in [-0.05, 0) is 32.6 Å². The van der Waals surface area contributed by atoms with Crippen LogP contribution in [0.2, 0.25) is 0 Å². The minimum absolute atomic E-state index is 0.0276. The fourth-order valence-corrected chi connectivity index (χ4v) is 4.40. The van der Waals surface area contributed by atoms with Crippen molar-refractivity contribution in [1.82, 2.24) is 5.32 Å². The third-order valence-electron chi connectivity index (χ3n) is 6.34. The number of unbranched alkanes of at least 4 members (excludes halogenated alkanes) is 4. The molecule has 7 heteroatoms. The summed E-state index contributed by atoms with van der Waals surface area (Å²) in [5.74, 6) is -1.24. The van der Waals surface area contributed by atoms with Crippen LogP contribution in [0.5, 0.6) is 0 Å². The van der Waals surface area contributed by atoms with Gasteiger partial charge in [-0.1, -0.05) is 57.4 Å². The van der Waals surface area contributed by atoms with Gasteiger partial charge in [0.2, 0.25) is 11.5 Å². The number of nitrogens with one attached hydrogen (secondary N) is 1. The molecule has 4 atom stereocenters. The average Bonchev–Trinajstić information content (AvgIpc) is 3.08. The molecule has 0 aromatic carbocycles. The summed E-state index contributed by atoms with van der Waals surface area (Å²) in [6.07, 6.45) is 15.9. The number of carbonyl (C=O) groups excluding carboxylic acids is 4. The monoisotopic (exact) mass is 477 g/mol. The number of Topliss-reactive ketones (excluding diaryl/α,β-unsaturated/α-hetero) is 1. The first kappa shape index (κ1) is 29.6. The third kappa shape index (κ3) is 9.82. The van der Waals surface area contributed by atoms with Crippen LogP contribution in [0, 0.1) is 11.8 Å². The Morgan fingerprint density at radius 1 is 1.09 bits per heavy atom. The van der Waals surface area contributed by atoms with Crippen molar-refractivity contribution in [2.45, 2.75) is 104 Å². The van der Waals surface area contributed by atoms with Crippen molar-refractivity contribution in [2.75, 3.05) is 7.11 Å². The van der Waals surface area contributed by atoms with Crippen molar-refractivity contribution in [2.24, 2.45) is 11.8 Å². The van der Waals surface area contributed by atoms with Crippen LogP contribution in [-0.4, -0.2) is 42.4 Å². The fraction of sp³-hybridized carbons (Fsp3) is 0.704. The van der Waals surface area contributed by atoms with E-state index in [2.05, 4.69) is 24.4 Å². The lowest BCUT2D eigenvalue weighted by Crippen LogP contribution is -2.40. The largest absolute Gasteiger partial charge is 0.466 e. The number of amides is 1. The zero-order chi connectivity index (χ0) is 25.6. The van der Waals surface area contributed by atoms with Crippen LogP contribution in [0.4, 0.5) is 0 Å². The van der Waals surface area contributed by atoms with Gasteiger partial charge in [-0.2, -0.15) is 0 Å². The molecule has 0 aromatic heterocycles. The van der Waals surface area contributed by atoms with Gasteiger partial charge in [-0.3, -0.25) is 14.4 Å². The topological polar surface area (TPSA) is 98.8 Å². The molecule has 0 aliphatic heterocycles. The smallest absolute Gasteiger partial charge is 0.350 e. The second kappa shape index (κ2) is 15.5. The van der Waals surface area contributed by atoms with Gasteiger partial charge in [0.1, 0.15) is 5.78 Å².